The van der Waals surface area contributed by atoms with E-state index in [1.54, 1.807) is 18.2 Å². The van der Waals surface area contributed by atoms with E-state index in [4.69, 9.17) is 40.7 Å². The molecule has 0 saturated carbocycles. The molecule has 4 aromatic rings. The van der Waals surface area contributed by atoms with Crippen molar-refractivity contribution in [3.05, 3.63) is 118 Å². The lowest BCUT2D eigenvalue weighted by atomic mass is 10.1. The van der Waals surface area contributed by atoms with Gasteiger partial charge < -0.3 is 14.8 Å². The topological polar surface area (TPSA) is 56.9 Å². The van der Waals surface area contributed by atoms with Crippen molar-refractivity contribution in [2.45, 2.75) is 25.9 Å². The number of nitrogens with one attached hydrogen (secondary N) is 1. The van der Waals surface area contributed by atoms with Gasteiger partial charge in [-0.2, -0.15) is 5.26 Å². The van der Waals surface area contributed by atoms with Crippen molar-refractivity contribution < 1.29 is 4.39 Å². The van der Waals surface area contributed by atoms with Gasteiger partial charge in [-0.25, -0.2) is 9.37 Å². The molecule has 0 fully saturated rings. The van der Waals surface area contributed by atoms with Crippen LogP contribution in [0.4, 0.5) is 10.1 Å². The summed E-state index contributed by atoms with van der Waals surface area (Å²) in [7, 11) is 0. The zero-order valence-electron chi connectivity index (χ0n) is 19.9. The number of anilines is 1. The van der Waals surface area contributed by atoms with Crippen LogP contribution in [0.3, 0.4) is 0 Å². The summed E-state index contributed by atoms with van der Waals surface area (Å²) in [6.45, 7) is 1.75. The summed E-state index contributed by atoms with van der Waals surface area (Å²) in [5.41, 5.74) is 4.25. The van der Waals surface area contributed by atoms with E-state index >= 15 is 0 Å². The summed E-state index contributed by atoms with van der Waals surface area (Å²) in [6.07, 6.45) is 5.25. The van der Waals surface area contributed by atoms with Crippen LogP contribution < -0.4 is 5.32 Å². The molecule has 0 aliphatic heterocycles. The first-order valence-electron chi connectivity index (χ1n) is 11.7. The van der Waals surface area contributed by atoms with Gasteiger partial charge in [-0.05, 0) is 72.6 Å². The fourth-order valence-corrected chi connectivity index (χ4v) is 4.58. The molecule has 0 radical (unpaired) electrons. The highest BCUT2D eigenvalue weighted by Gasteiger charge is 2.15. The van der Waals surface area contributed by atoms with Crippen LogP contribution in [0.2, 0.25) is 10.0 Å². The number of imidazole rings is 1. The predicted molar refractivity (Wildman–Crippen MR) is 150 cm³/mol. The van der Waals surface area contributed by atoms with Crippen molar-refractivity contribution in [2.75, 3.05) is 11.9 Å². The van der Waals surface area contributed by atoms with Crippen LogP contribution in [-0.4, -0.2) is 26.1 Å². The maximum atomic E-state index is 13.7. The van der Waals surface area contributed by atoms with Crippen LogP contribution in [0.5, 0.6) is 0 Å². The molecule has 9 heteroatoms. The van der Waals surface area contributed by atoms with Gasteiger partial charge >= 0.3 is 0 Å². The summed E-state index contributed by atoms with van der Waals surface area (Å²) in [5, 5.41) is 13.6. The Morgan fingerprint density at radius 3 is 2.65 bits per heavy atom. The third kappa shape index (κ3) is 7.30. The van der Waals surface area contributed by atoms with Crippen molar-refractivity contribution in [1.82, 2.24) is 14.5 Å². The molecular weight excluding hydrogens is 528 g/mol. The Balaban J connectivity index is 1.44. The van der Waals surface area contributed by atoms with Crippen molar-refractivity contribution in [1.29, 1.82) is 5.26 Å². The lowest BCUT2D eigenvalue weighted by Crippen LogP contribution is -2.35. The van der Waals surface area contributed by atoms with Crippen LogP contribution in [0, 0.1) is 17.1 Å². The number of hydrogen-bond donors (Lipinski definition) is 1. The Morgan fingerprint density at radius 1 is 1.11 bits per heavy atom. The van der Waals surface area contributed by atoms with E-state index in [0.717, 1.165) is 29.7 Å². The first kappa shape index (κ1) is 26.6. The summed E-state index contributed by atoms with van der Waals surface area (Å²) in [6, 6.07) is 21.4. The van der Waals surface area contributed by atoms with Gasteiger partial charge in [0.1, 0.15) is 5.82 Å². The summed E-state index contributed by atoms with van der Waals surface area (Å²) < 4.78 is 15.8. The molecule has 0 spiro atoms. The minimum atomic E-state index is -0.340. The molecular formula is C28H24Cl2FN5S. The molecule has 0 atom stereocenters. The normalized spacial score (nSPS) is 10.6. The van der Waals surface area contributed by atoms with E-state index in [0.29, 0.717) is 46.0 Å². The van der Waals surface area contributed by atoms with Gasteiger partial charge in [0.15, 0.2) is 5.11 Å². The minimum absolute atomic E-state index is 0.340. The van der Waals surface area contributed by atoms with Crippen LogP contribution >= 0.6 is 35.4 Å². The number of aromatic nitrogens is 2. The number of halogens is 3. The average Bonchev–Trinajstić information content (AvgIpc) is 3.33. The van der Waals surface area contributed by atoms with Crippen molar-refractivity contribution in [2.24, 2.45) is 0 Å². The highest BCUT2D eigenvalue weighted by molar-refractivity contribution is 7.80. The number of hydrogen-bond acceptors (Lipinski definition) is 3. The van der Waals surface area contributed by atoms with E-state index in [-0.39, 0.29) is 5.82 Å². The molecule has 0 aliphatic rings. The van der Waals surface area contributed by atoms with Crippen molar-refractivity contribution >= 4 is 46.2 Å². The zero-order valence-corrected chi connectivity index (χ0v) is 22.2. The Kier molecular flexibility index (Phi) is 9.13. The molecule has 188 valence electrons. The van der Waals surface area contributed by atoms with Crippen LogP contribution in [0.25, 0.3) is 0 Å². The molecule has 1 N–H and O–H groups in total. The molecule has 0 bridgehead atoms. The highest BCUT2D eigenvalue weighted by Crippen LogP contribution is 2.27. The third-order valence-electron chi connectivity index (χ3n) is 5.85. The van der Waals surface area contributed by atoms with Gasteiger partial charge in [0.25, 0.3) is 0 Å². The Labute approximate surface area is 231 Å². The second kappa shape index (κ2) is 12.7. The van der Waals surface area contributed by atoms with E-state index in [1.807, 2.05) is 53.8 Å². The van der Waals surface area contributed by atoms with Crippen LogP contribution in [0.15, 0.2) is 79.3 Å². The van der Waals surface area contributed by atoms with E-state index in [9.17, 15) is 4.39 Å². The average molecular weight is 553 g/mol. The summed E-state index contributed by atoms with van der Waals surface area (Å²) in [5.74, 6) is -0.340. The first-order valence-corrected chi connectivity index (χ1v) is 12.8. The number of benzene rings is 3. The minimum Gasteiger partial charge on any atom is -0.345 e. The second-order valence-electron chi connectivity index (χ2n) is 8.50. The standard InChI is InChI=1S/C28H24Cl2FN5S/c29-26-8-1-4-22(27(26)30)18-35(28(37)34-24-6-2-5-23(31)14-24)13-3-7-25-16-33-19-36(25)17-21-11-9-20(15-32)10-12-21/h1-2,4-6,8-12,14,16,19H,3,7,13,17-18H2,(H,34,37). The van der Waals surface area contributed by atoms with Crippen molar-refractivity contribution in [3.8, 4) is 6.07 Å². The number of nitrogens with zero attached hydrogens (tertiary/aromatic N) is 4. The van der Waals surface area contributed by atoms with E-state index in [2.05, 4.69) is 20.9 Å². The van der Waals surface area contributed by atoms with Crippen molar-refractivity contribution in [3.63, 3.8) is 0 Å². The predicted octanol–water partition coefficient (Wildman–Crippen LogP) is 7.08. The van der Waals surface area contributed by atoms with E-state index in [1.165, 1.54) is 12.1 Å². The highest BCUT2D eigenvalue weighted by atomic mass is 35.5. The number of aryl methyl sites for hydroxylation is 1. The second-order valence-corrected chi connectivity index (χ2v) is 9.67. The molecule has 1 heterocycles. The molecule has 4 rings (SSSR count). The quantitative estimate of drug-likeness (QED) is 0.225. The molecule has 0 unspecified atom stereocenters. The monoisotopic (exact) mass is 551 g/mol. The fraction of sp³-hybridized carbons (Fsp3) is 0.179. The van der Waals surface area contributed by atoms with Gasteiger partial charge in [-0.1, -0.05) is 53.5 Å². The van der Waals surface area contributed by atoms with Gasteiger partial charge in [-0.15, -0.1) is 0 Å². The summed E-state index contributed by atoms with van der Waals surface area (Å²) >= 11 is 18.4. The zero-order chi connectivity index (χ0) is 26.2. The largest absolute Gasteiger partial charge is 0.345 e. The van der Waals surface area contributed by atoms with Gasteiger partial charge in [-0.3, -0.25) is 0 Å². The van der Waals surface area contributed by atoms with Gasteiger partial charge in [0.05, 0.1) is 28.0 Å². The molecule has 37 heavy (non-hydrogen) atoms. The maximum Gasteiger partial charge on any atom is 0.173 e. The third-order valence-corrected chi connectivity index (χ3v) is 7.07. The number of thiocarbonyl (C=S) groups is 1. The van der Waals surface area contributed by atoms with Gasteiger partial charge in [0, 0.05) is 37.2 Å². The molecule has 0 aliphatic carbocycles. The molecule has 0 saturated heterocycles. The lowest BCUT2D eigenvalue weighted by molar-refractivity contribution is 0.408. The molecule has 5 nitrogen and oxygen atoms in total. The first-order chi connectivity index (χ1) is 17.9. The molecule has 1 aromatic heterocycles. The Morgan fingerprint density at radius 2 is 1.89 bits per heavy atom. The van der Waals surface area contributed by atoms with Gasteiger partial charge in [0.2, 0.25) is 0 Å². The smallest absolute Gasteiger partial charge is 0.173 e. The van der Waals surface area contributed by atoms with E-state index < -0.39 is 0 Å². The Hall–Kier alpha value is -3.44. The summed E-state index contributed by atoms with van der Waals surface area (Å²) in [4.78, 5) is 6.33. The lowest BCUT2D eigenvalue weighted by Gasteiger charge is -2.27. The van der Waals surface area contributed by atoms with Crippen LogP contribution in [0.1, 0.15) is 28.8 Å². The Bertz CT molecular complexity index is 1410. The van der Waals surface area contributed by atoms with Crippen LogP contribution in [-0.2, 0) is 19.5 Å². The number of rotatable bonds is 9. The molecule has 3 aromatic carbocycles. The fourth-order valence-electron chi connectivity index (χ4n) is 3.93. The number of nitriles is 1. The maximum absolute atomic E-state index is 13.7. The molecule has 0 amide bonds. The SMILES string of the molecule is N#Cc1ccc(Cn2cncc2CCCN(Cc2cccc(Cl)c2Cl)C(=S)Nc2cccc(F)c2)cc1.